The summed E-state index contributed by atoms with van der Waals surface area (Å²) in [6.45, 7) is 4.15. The fraction of sp³-hybridized carbons (Fsp3) is 0.500. The third-order valence-electron chi connectivity index (χ3n) is 2.67. The molecule has 0 aliphatic heterocycles. The van der Waals surface area contributed by atoms with Gasteiger partial charge in [-0.1, -0.05) is 38.1 Å². The van der Waals surface area contributed by atoms with Crippen LogP contribution in [-0.2, 0) is 27.0 Å². The van der Waals surface area contributed by atoms with Crippen molar-refractivity contribution in [3.8, 4) is 0 Å². The van der Waals surface area contributed by atoms with E-state index in [1.807, 2.05) is 6.92 Å². The van der Waals surface area contributed by atoms with Crippen LogP contribution in [0.1, 0.15) is 50.7 Å². The summed E-state index contributed by atoms with van der Waals surface area (Å²) in [4.78, 5) is 26.7. The number of aldehydes is 2. The van der Waals surface area contributed by atoms with Gasteiger partial charge in [0.2, 0.25) is 0 Å². The van der Waals surface area contributed by atoms with E-state index in [9.17, 15) is 9.59 Å². The van der Waals surface area contributed by atoms with Crippen molar-refractivity contribution in [3.05, 3.63) is 35.4 Å². The quantitative estimate of drug-likeness (QED) is 0.475. The first-order valence-electron chi connectivity index (χ1n) is 7.23. The zero-order chi connectivity index (χ0) is 16.3. The van der Waals surface area contributed by atoms with Gasteiger partial charge in [-0.15, -0.1) is 0 Å². The average molecular weight is 314 g/mol. The molecule has 1 aromatic carbocycles. The Bertz CT molecular complexity index is 380. The highest BCUT2D eigenvalue weighted by atomic mass is 31.1. The minimum atomic E-state index is -1.50. The molecular weight excluding hydrogens is 287 g/mol. The lowest BCUT2D eigenvalue weighted by atomic mass is 10.0. The van der Waals surface area contributed by atoms with Crippen LogP contribution in [-0.4, -0.2) is 17.5 Å². The van der Waals surface area contributed by atoms with Crippen LogP contribution in [0, 0.1) is 0 Å². The lowest BCUT2D eigenvalue weighted by molar-refractivity contribution is -0.108. The van der Waals surface area contributed by atoms with Crippen LogP contribution >= 0.6 is 8.69 Å². The second kappa shape index (κ2) is 18.8. The normalized spacial score (nSPS) is 9.29. The Kier molecular flexibility index (Phi) is 19.7. The molecule has 1 atom stereocenters. The summed E-state index contributed by atoms with van der Waals surface area (Å²) in [5, 5.41) is 0. The van der Waals surface area contributed by atoms with Gasteiger partial charge in [-0.2, -0.15) is 0 Å². The first-order chi connectivity index (χ1) is 10.2. The van der Waals surface area contributed by atoms with Crippen LogP contribution in [0.2, 0.25) is 0 Å². The molecule has 0 radical (unpaired) electrons. The first-order valence-corrected chi connectivity index (χ1v) is 8.22. The second-order valence-electron chi connectivity index (χ2n) is 4.24. The van der Waals surface area contributed by atoms with Crippen molar-refractivity contribution in [1.29, 1.82) is 0 Å². The third kappa shape index (κ3) is 15.0. The predicted molar refractivity (Wildman–Crippen MR) is 88.4 cm³/mol. The molecule has 1 unspecified atom stereocenters. The molecule has 0 amide bonds. The van der Waals surface area contributed by atoms with E-state index < -0.39 is 8.69 Å². The average Bonchev–Trinajstić information content (AvgIpc) is 2.50. The van der Waals surface area contributed by atoms with Crippen molar-refractivity contribution in [2.75, 3.05) is 0 Å². The van der Waals surface area contributed by atoms with E-state index in [0.717, 1.165) is 38.3 Å². The molecule has 0 saturated heterocycles. The molecular formula is C16H27O4P. The minimum Gasteiger partial charge on any atom is -0.348 e. The summed E-state index contributed by atoms with van der Waals surface area (Å²) in [5.41, 5.74) is 2.81. The van der Waals surface area contributed by atoms with Gasteiger partial charge in [0.1, 0.15) is 12.6 Å². The summed E-state index contributed by atoms with van der Waals surface area (Å²) in [7, 11) is -1.50. The molecule has 0 aliphatic carbocycles. The van der Waals surface area contributed by atoms with Crippen LogP contribution in [0.4, 0.5) is 0 Å². The standard InChI is InChI=1S/C12H16O.C4H8O.H3O2P/c1-2-11-7-3-4-8-12(11)9-5-6-10-13;1-2-3-4-5;1-3-2/h3-4,7-8,10H,2,5-6,9H2,1H3;4H,2-3H2,1H3;3H2,(H,1,2). The van der Waals surface area contributed by atoms with Gasteiger partial charge in [0, 0.05) is 12.8 Å². The number of rotatable bonds is 7. The summed E-state index contributed by atoms with van der Waals surface area (Å²) < 4.78 is 8.57. The number of carbonyl (C=O) groups excluding carboxylic acids is 2. The Morgan fingerprint density at radius 3 is 1.95 bits per heavy atom. The Morgan fingerprint density at radius 1 is 1.05 bits per heavy atom. The molecule has 4 nitrogen and oxygen atoms in total. The first kappa shape index (κ1) is 22.0. The van der Waals surface area contributed by atoms with Crippen LogP contribution in [0.25, 0.3) is 0 Å². The zero-order valence-corrected chi connectivity index (χ0v) is 14.1. The molecule has 0 spiro atoms. The van der Waals surface area contributed by atoms with Crippen molar-refractivity contribution in [2.24, 2.45) is 0 Å². The summed E-state index contributed by atoms with van der Waals surface area (Å²) in [5.74, 6) is 0. The summed E-state index contributed by atoms with van der Waals surface area (Å²) in [6, 6.07) is 8.46. The van der Waals surface area contributed by atoms with Gasteiger partial charge in [0.05, 0.1) is 0 Å². The van der Waals surface area contributed by atoms with E-state index in [0.29, 0.717) is 12.8 Å². The highest BCUT2D eigenvalue weighted by molar-refractivity contribution is 7.16. The van der Waals surface area contributed by atoms with Crippen molar-refractivity contribution in [1.82, 2.24) is 0 Å². The van der Waals surface area contributed by atoms with Crippen molar-refractivity contribution >= 4 is 21.3 Å². The molecule has 21 heavy (non-hydrogen) atoms. The minimum absolute atomic E-state index is 0.679. The Morgan fingerprint density at radius 2 is 1.57 bits per heavy atom. The van der Waals surface area contributed by atoms with E-state index >= 15 is 0 Å². The Labute approximate surface area is 128 Å². The van der Waals surface area contributed by atoms with Gasteiger partial charge in [-0.3, -0.25) is 4.57 Å². The number of aryl methyl sites for hydroxylation is 2. The molecule has 0 saturated carbocycles. The Hall–Kier alpha value is -1.25. The third-order valence-corrected chi connectivity index (χ3v) is 2.67. The van der Waals surface area contributed by atoms with Crippen molar-refractivity contribution in [2.45, 2.75) is 52.4 Å². The molecule has 0 aliphatic rings. The number of unbranched alkanes of at least 4 members (excludes halogenated alkanes) is 2. The second-order valence-corrected chi connectivity index (χ2v) is 4.45. The predicted octanol–water partition coefficient (Wildman–Crippen LogP) is 3.41. The van der Waals surface area contributed by atoms with Gasteiger partial charge in [-0.25, -0.2) is 0 Å². The topological polar surface area (TPSA) is 71.4 Å². The maximum atomic E-state index is 10.1. The van der Waals surface area contributed by atoms with Gasteiger partial charge in [0.15, 0.2) is 8.69 Å². The molecule has 0 fully saturated rings. The molecule has 0 aromatic heterocycles. The van der Waals surface area contributed by atoms with Gasteiger partial charge in [0.25, 0.3) is 0 Å². The molecule has 1 aromatic rings. The lowest BCUT2D eigenvalue weighted by Crippen LogP contribution is -1.92. The Balaban J connectivity index is 0. The molecule has 5 heteroatoms. The van der Waals surface area contributed by atoms with Crippen molar-refractivity contribution < 1.29 is 19.0 Å². The van der Waals surface area contributed by atoms with Crippen molar-refractivity contribution in [3.63, 3.8) is 0 Å². The fourth-order valence-electron chi connectivity index (χ4n) is 1.64. The van der Waals surface area contributed by atoms with E-state index in [1.165, 1.54) is 11.1 Å². The van der Waals surface area contributed by atoms with E-state index in [1.54, 1.807) is 0 Å². The molecule has 1 N–H and O–H groups in total. The fourth-order valence-corrected chi connectivity index (χ4v) is 1.64. The van der Waals surface area contributed by atoms with E-state index in [2.05, 4.69) is 31.2 Å². The maximum absolute atomic E-state index is 10.1. The highest BCUT2D eigenvalue weighted by Crippen LogP contribution is 2.11. The lowest BCUT2D eigenvalue weighted by Gasteiger charge is -2.05. The zero-order valence-electron chi connectivity index (χ0n) is 13.0. The van der Waals surface area contributed by atoms with Gasteiger partial charge >= 0.3 is 0 Å². The maximum Gasteiger partial charge on any atom is 0.177 e. The molecule has 120 valence electrons. The summed E-state index contributed by atoms with van der Waals surface area (Å²) in [6.07, 6.45) is 7.37. The molecule has 0 bridgehead atoms. The van der Waals surface area contributed by atoms with Gasteiger partial charge in [-0.05, 0) is 36.8 Å². The van der Waals surface area contributed by atoms with Crippen LogP contribution < -0.4 is 0 Å². The molecule has 1 rings (SSSR count). The monoisotopic (exact) mass is 314 g/mol. The van der Waals surface area contributed by atoms with Gasteiger partial charge < -0.3 is 14.5 Å². The summed E-state index contributed by atoms with van der Waals surface area (Å²) >= 11 is 0. The highest BCUT2D eigenvalue weighted by Gasteiger charge is 1.98. The SMILES string of the molecule is CCCC=O.CCc1ccccc1CCCC=O.O=[PH2]O. The van der Waals surface area contributed by atoms with Crippen LogP contribution in [0.3, 0.4) is 0 Å². The molecule has 0 heterocycles. The number of benzene rings is 1. The van der Waals surface area contributed by atoms with E-state index in [-0.39, 0.29) is 0 Å². The van der Waals surface area contributed by atoms with Crippen LogP contribution in [0.5, 0.6) is 0 Å². The number of hydrogen-bond acceptors (Lipinski definition) is 3. The number of hydrogen-bond donors (Lipinski definition) is 1. The smallest absolute Gasteiger partial charge is 0.177 e. The van der Waals surface area contributed by atoms with Crippen LogP contribution in [0.15, 0.2) is 24.3 Å². The van der Waals surface area contributed by atoms with E-state index in [4.69, 9.17) is 9.46 Å². The largest absolute Gasteiger partial charge is 0.348 e. The number of carbonyl (C=O) groups is 2.